The number of rotatable bonds is 5. The molecular formula is C19H37IN4O. The Balaban J connectivity index is 0.00000312. The Hall–Kier alpha value is -0.530. The van der Waals surface area contributed by atoms with Crippen molar-refractivity contribution in [3.8, 4) is 0 Å². The first kappa shape index (κ1) is 22.5. The summed E-state index contributed by atoms with van der Waals surface area (Å²) in [6.45, 7) is 5.88. The highest BCUT2D eigenvalue weighted by molar-refractivity contribution is 14.0. The quantitative estimate of drug-likeness (QED) is 0.373. The van der Waals surface area contributed by atoms with E-state index in [0.717, 1.165) is 44.1 Å². The van der Waals surface area contributed by atoms with E-state index in [2.05, 4.69) is 24.5 Å². The molecule has 5 nitrogen and oxygen atoms in total. The minimum Gasteiger partial charge on any atom is -0.357 e. The van der Waals surface area contributed by atoms with Crippen LogP contribution in [-0.2, 0) is 4.79 Å². The van der Waals surface area contributed by atoms with Crippen LogP contribution >= 0.6 is 24.0 Å². The van der Waals surface area contributed by atoms with Gasteiger partial charge in [-0.1, -0.05) is 32.6 Å². The van der Waals surface area contributed by atoms with Gasteiger partial charge >= 0.3 is 0 Å². The first-order valence-corrected chi connectivity index (χ1v) is 9.73. The summed E-state index contributed by atoms with van der Waals surface area (Å²) in [4.78, 5) is 19.3. The SMILES string of the molecule is CCNC(=NCC1(C(=O)N(C)C)CCCC1)NC1CCCC(C)C1.I. The van der Waals surface area contributed by atoms with Gasteiger partial charge in [0.15, 0.2) is 5.96 Å². The number of hydrogen-bond acceptors (Lipinski definition) is 2. The maximum Gasteiger partial charge on any atom is 0.230 e. The second kappa shape index (κ2) is 10.6. The maximum absolute atomic E-state index is 12.7. The highest BCUT2D eigenvalue weighted by Crippen LogP contribution is 2.39. The molecule has 0 spiro atoms. The third kappa shape index (κ3) is 6.29. The summed E-state index contributed by atoms with van der Waals surface area (Å²) in [5, 5.41) is 6.98. The first-order chi connectivity index (χ1) is 11.5. The number of carbonyl (C=O) groups is 1. The average molecular weight is 464 g/mol. The number of nitrogens with one attached hydrogen (secondary N) is 2. The van der Waals surface area contributed by atoms with Crippen molar-refractivity contribution >= 4 is 35.8 Å². The van der Waals surface area contributed by atoms with E-state index in [0.29, 0.717) is 12.6 Å². The molecule has 2 N–H and O–H groups in total. The number of nitrogens with zero attached hydrogens (tertiary/aromatic N) is 2. The molecular weight excluding hydrogens is 427 g/mol. The molecule has 146 valence electrons. The van der Waals surface area contributed by atoms with E-state index in [9.17, 15) is 4.79 Å². The Labute approximate surface area is 170 Å². The van der Waals surface area contributed by atoms with Crippen molar-refractivity contribution in [3.63, 3.8) is 0 Å². The van der Waals surface area contributed by atoms with Gasteiger partial charge in [-0.25, -0.2) is 0 Å². The van der Waals surface area contributed by atoms with E-state index in [4.69, 9.17) is 4.99 Å². The number of hydrogen-bond donors (Lipinski definition) is 2. The van der Waals surface area contributed by atoms with Crippen molar-refractivity contribution in [2.24, 2.45) is 16.3 Å². The largest absolute Gasteiger partial charge is 0.357 e. The minimum absolute atomic E-state index is 0. The number of carbonyl (C=O) groups excluding carboxylic acids is 1. The Bertz CT molecular complexity index is 447. The van der Waals surface area contributed by atoms with E-state index in [1.807, 2.05) is 14.1 Å². The van der Waals surface area contributed by atoms with Gasteiger partial charge in [-0.15, -0.1) is 24.0 Å². The first-order valence-electron chi connectivity index (χ1n) is 9.73. The topological polar surface area (TPSA) is 56.7 Å². The lowest BCUT2D eigenvalue weighted by Gasteiger charge is -2.31. The van der Waals surface area contributed by atoms with Gasteiger partial charge in [-0.2, -0.15) is 0 Å². The van der Waals surface area contributed by atoms with Crippen LogP contribution in [0.5, 0.6) is 0 Å². The average Bonchev–Trinajstić information content (AvgIpc) is 3.02. The van der Waals surface area contributed by atoms with Crippen LogP contribution < -0.4 is 10.6 Å². The molecule has 6 heteroatoms. The lowest BCUT2D eigenvalue weighted by molar-refractivity contribution is -0.138. The molecule has 0 bridgehead atoms. The Morgan fingerprint density at radius 2 is 1.88 bits per heavy atom. The predicted octanol–water partition coefficient (Wildman–Crippen LogP) is 3.39. The maximum atomic E-state index is 12.7. The van der Waals surface area contributed by atoms with Crippen LogP contribution in [0.4, 0.5) is 0 Å². The van der Waals surface area contributed by atoms with Gasteiger partial charge in [0.2, 0.25) is 5.91 Å². The summed E-state index contributed by atoms with van der Waals surface area (Å²) in [5.74, 6) is 1.91. The monoisotopic (exact) mass is 464 g/mol. The highest BCUT2D eigenvalue weighted by Gasteiger charge is 2.42. The van der Waals surface area contributed by atoms with Crippen molar-refractivity contribution < 1.29 is 4.79 Å². The van der Waals surface area contributed by atoms with E-state index in [1.165, 1.54) is 25.7 Å². The molecule has 2 rings (SSSR count). The fraction of sp³-hybridized carbons (Fsp3) is 0.895. The molecule has 0 aromatic carbocycles. The van der Waals surface area contributed by atoms with Crippen molar-refractivity contribution in [1.29, 1.82) is 0 Å². The van der Waals surface area contributed by atoms with Crippen LogP contribution in [0.1, 0.15) is 65.2 Å². The van der Waals surface area contributed by atoms with Gasteiger partial charge in [0, 0.05) is 26.7 Å². The predicted molar refractivity (Wildman–Crippen MR) is 116 cm³/mol. The standard InChI is InChI=1S/C19H36N4O.HI/c1-5-20-18(22-16-10-8-9-15(2)13-16)21-14-19(11-6-7-12-19)17(24)23(3)4;/h15-16H,5-14H2,1-4H3,(H2,20,21,22);1H. The van der Waals surface area contributed by atoms with Crippen LogP contribution in [0, 0.1) is 11.3 Å². The fourth-order valence-electron chi connectivity index (χ4n) is 4.27. The highest BCUT2D eigenvalue weighted by atomic mass is 127. The van der Waals surface area contributed by atoms with Crippen LogP contribution in [0.3, 0.4) is 0 Å². The van der Waals surface area contributed by atoms with Crippen LogP contribution in [0.25, 0.3) is 0 Å². The van der Waals surface area contributed by atoms with Crippen molar-refractivity contribution in [3.05, 3.63) is 0 Å². The summed E-state index contributed by atoms with van der Waals surface area (Å²) in [7, 11) is 3.72. The van der Waals surface area contributed by atoms with Crippen molar-refractivity contribution in [1.82, 2.24) is 15.5 Å². The lowest BCUT2D eigenvalue weighted by atomic mass is 9.84. The summed E-state index contributed by atoms with van der Waals surface area (Å²) in [6, 6.07) is 0.510. The van der Waals surface area contributed by atoms with Gasteiger partial charge in [0.1, 0.15) is 0 Å². The van der Waals surface area contributed by atoms with Crippen molar-refractivity contribution in [2.75, 3.05) is 27.2 Å². The van der Waals surface area contributed by atoms with Gasteiger partial charge in [-0.05, 0) is 38.5 Å². The Morgan fingerprint density at radius 1 is 1.20 bits per heavy atom. The molecule has 0 saturated heterocycles. The third-order valence-electron chi connectivity index (χ3n) is 5.58. The normalized spacial score (nSPS) is 25.8. The molecule has 25 heavy (non-hydrogen) atoms. The Morgan fingerprint density at radius 3 is 2.44 bits per heavy atom. The molecule has 2 aliphatic rings. The molecule has 0 aliphatic heterocycles. The molecule has 0 heterocycles. The zero-order valence-corrected chi connectivity index (χ0v) is 18.8. The molecule has 2 atom stereocenters. The zero-order chi connectivity index (χ0) is 17.6. The minimum atomic E-state index is -0.286. The second-order valence-electron chi connectivity index (χ2n) is 8.00. The summed E-state index contributed by atoms with van der Waals surface area (Å²) < 4.78 is 0. The number of aliphatic imine (C=N–C) groups is 1. The number of halogens is 1. The second-order valence-corrected chi connectivity index (χ2v) is 8.00. The molecule has 2 aliphatic carbocycles. The molecule has 1 amide bonds. The van der Waals surface area contributed by atoms with Crippen LogP contribution in [0.15, 0.2) is 4.99 Å². The van der Waals surface area contributed by atoms with E-state index >= 15 is 0 Å². The zero-order valence-electron chi connectivity index (χ0n) is 16.4. The summed E-state index contributed by atoms with van der Waals surface area (Å²) in [5.41, 5.74) is -0.286. The molecule has 2 unspecified atom stereocenters. The van der Waals surface area contributed by atoms with E-state index < -0.39 is 0 Å². The van der Waals surface area contributed by atoms with Crippen LogP contribution in [0.2, 0.25) is 0 Å². The van der Waals surface area contributed by atoms with E-state index in [-0.39, 0.29) is 35.3 Å². The molecule has 0 radical (unpaired) electrons. The van der Waals surface area contributed by atoms with Crippen molar-refractivity contribution in [2.45, 2.75) is 71.3 Å². The van der Waals surface area contributed by atoms with Gasteiger partial charge in [0.25, 0.3) is 0 Å². The number of guanidine groups is 1. The summed E-state index contributed by atoms with van der Waals surface area (Å²) in [6.07, 6.45) is 9.27. The molecule has 2 fully saturated rings. The molecule has 0 aromatic rings. The smallest absolute Gasteiger partial charge is 0.230 e. The Kier molecular flexibility index (Phi) is 9.52. The van der Waals surface area contributed by atoms with Gasteiger partial charge in [-0.3, -0.25) is 9.79 Å². The lowest BCUT2D eigenvalue weighted by Crippen LogP contribution is -2.46. The fourth-order valence-corrected chi connectivity index (χ4v) is 4.27. The number of amides is 1. The van der Waals surface area contributed by atoms with Gasteiger partial charge in [0.05, 0.1) is 12.0 Å². The van der Waals surface area contributed by atoms with Crippen LogP contribution in [-0.4, -0.2) is 50.0 Å². The van der Waals surface area contributed by atoms with E-state index in [1.54, 1.807) is 4.90 Å². The summed E-state index contributed by atoms with van der Waals surface area (Å²) >= 11 is 0. The molecule has 0 aromatic heterocycles. The van der Waals surface area contributed by atoms with Gasteiger partial charge < -0.3 is 15.5 Å². The molecule has 2 saturated carbocycles. The third-order valence-corrected chi connectivity index (χ3v) is 5.58.